The number of hydrogen-bond acceptors (Lipinski definition) is 4. The summed E-state index contributed by atoms with van der Waals surface area (Å²) in [6.07, 6.45) is 1.54. The second-order valence-electron chi connectivity index (χ2n) is 4.83. The predicted octanol–water partition coefficient (Wildman–Crippen LogP) is 1.52. The molecule has 1 unspecified atom stereocenters. The molecule has 1 atom stereocenters. The molecule has 1 aliphatic rings. The summed E-state index contributed by atoms with van der Waals surface area (Å²) in [4.78, 5) is 0. The van der Waals surface area contributed by atoms with Crippen molar-refractivity contribution in [3.63, 3.8) is 0 Å². The quantitative estimate of drug-likeness (QED) is 0.640. The first kappa shape index (κ1) is 12.2. The molecule has 2 rings (SSSR count). The molecule has 17 heavy (non-hydrogen) atoms. The number of hydrogen-bond donors (Lipinski definition) is 4. The van der Waals surface area contributed by atoms with Gasteiger partial charge >= 0.3 is 0 Å². The van der Waals surface area contributed by atoms with Gasteiger partial charge in [0.15, 0.2) is 0 Å². The smallest absolute Gasteiger partial charge is 0.124 e. The molecule has 0 amide bonds. The summed E-state index contributed by atoms with van der Waals surface area (Å²) in [5.74, 6) is 0.720. The zero-order valence-electron chi connectivity index (χ0n) is 9.93. The maximum atomic E-state index is 9.70. The number of rotatable bonds is 4. The summed E-state index contributed by atoms with van der Waals surface area (Å²) in [6.45, 7) is 2.70. The van der Waals surface area contributed by atoms with E-state index in [0.717, 1.165) is 19.4 Å². The largest absolute Gasteiger partial charge is 0.507 e. The molecule has 0 aliphatic heterocycles. The summed E-state index contributed by atoms with van der Waals surface area (Å²) < 4.78 is 0. The molecule has 94 valence electrons. The molecule has 0 aromatic heterocycles. The standard InChI is InChI=1S/C13H19NO3/c1-8(14-7-9-5-10(15)6-9)13-11(16)3-2-4-12(13)17/h2-4,8-10,14-17H,5-7H2,1H3. The number of nitrogens with one attached hydrogen (secondary N) is 1. The number of phenols is 2. The highest BCUT2D eigenvalue weighted by molar-refractivity contribution is 5.44. The minimum atomic E-state index is -0.143. The molecule has 0 radical (unpaired) electrons. The highest BCUT2D eigenvalue weighted by atomic mass is 16.3. The number of phenolic OH excluding ortho intramolecular Hbond substituents is 2. The van der Waals surface area contributed by atoms with E-state index in [2.05, 4.69) is 5.32 Å². The van der Waals surface area contributed by atoms with Gasteiger partial charge in [-0.25, -0.2) is 0 Å². The number of benzene rings is 1. The monoisotopic (exact) mass is 237 g/mol. The molecule has 4 heteroatoms. The molecule has 1 aliphatic carbocycles. The predicted molar refractivity (Wildman–Crippen MR) is 64.9 cm³/mol. The van der Waals surface area contributed by atoms with E-state index >= 15 is 0 Å². The van der Waals surface area contributed by atoms with Gasteiger partial charge in [0, 0.05) is 6.04 Å². The molecular weight excluding hydrogens is 218 g/mol. The number of aliphatic hydroxyl groups is 1. The fourth-order valence-corrected chi connectivity index (χ4v) is 2.30. The number of aromatic hydroxyl groups is 2. The molecule has 1 fully saturated rings. The van der Waals surface area contributed by atoms with E-state index in [1.54, 1.807) is 18.2 Å². The van der Waals surface area contributed by atoms with Crippen molar-refractivity contribution < 1.29 is 15.3 Å². The summed E-state index contributed by atoms with van der Waals surface area (Å²) >= 11 is 0. The zero-order chi connectivity index (χ0) is 12.4. The van der Waals surface area contributed by atoms with Crippen molar-refractivity contribution in [3.8, 4) is 11.5 Å². The lowest BCUT2D eigenvalue weighted by atomic mass is 9.82. The van der Waals surface area contributed by atoms with Crippen molar-refractivity contribution >= 4 is 0 Å². The topological polar surface area (TPSA) is 72.7 Å². The molecule has 0 saturated heterocycles. The SMILES string of the molecule is CC(NCC1CC(O)C1)c1c(O)cccc1O. The zero-order valence-corrected chi connectivity index (χ0v) is 9.93. The van der Waals surface area contributed by atoms with Gasteiger partial charge in [0.1, 0.15) is 11.5 Å². The third-order valence-corrected chi connectivity index (χ3v) is 3.42. The molecule has 4 nitrogen and oxygen atoms in total. The molecule has 1 saturated carbocycles. The van der Waals surface area contributed by atoms with Crippen molar-refractivity contribution in [2.45, 2.75) is 31.9 Å². The van der Waals surface area contributed by atoms with Crippen LogP contribution in [0.2, 0.25) is 0 Å². The Bertz CT molecular complexity index is 368. The van der Waals surface area contributed by atoms with Crippen LogP contribution in [0.15, 0.2) is 18.2 Å². The average Bonchev–Trinajstić information content (AvgIpc) is 2.22. The Hall–Kier alpha value is -1.26. The molecule has 0 bridgehead atoms. The molecule has 4 N–H and O–H groups in total. The van der Waals surface area contributed by atoms with Gasteiger partial charge in [0.05, 0.1) is 11.7 Å². The maximum absolute atomic E-state index is 9.70. The van der Waals surface area contributed by atoms with Crippen LogP contribution in [0.3, 0.4) is 0 Å². The third-order valence-electron chi connectivity index (χ3n) is 3.42. The minimum absolute atomic E-state index is 0.103. The van der Waals surface area contributed by atoms with Crippen molar-refractivity contribution in [1.29, 1.82) is 0 Å². The fourth-order valence-electron chi connectivity index (χ4n) is 2.30. The lowest BCUT2D eigenvalue weighted by Gasteiger charge is -2.32. The number of aliphatic hydroxyl groups excluding tert-OH is 1. The van der Waals surface area contributed by atoms with Crippen LogP contribution in [0.5, 0.6) is 11.5 Å². The van der Waals surface area contributed by atoms with Gasteiger partial charge in [-0.05, 0) is 44.4 Å². The maximum Gasteiger partial charge on any atom is 0.124 e. The van der Waals surface area contributed by atoms with Crippen LogP contribution in [0.25, 0.3) is 0 Å². The van der Waals surface area contributed by atoms with E-state index in [9.17, 15) is 15.3 Å². The Balaban J connectivity index is 1.92. The first-order valence-electron chi connectivity index (χ1n) is 6.00. The van der Waals surface area contributed by atoms with E-state index in [4.69, 9.17) is 0 Å². The van der Waals surface area contributed by atoms with Crippen LogP contribution in [0.4, 0.5) is 0 Å². The van der Waals surface area contributed by atoms with E-state index in [1.807, 2.05) is 6.92 Å². The van der Waals surface area contributed by atoms with E-state index < -0.39 is 0 Å². The fraction of sp³-hybridized carbons (Fsp3) is 0.538. The van der Waals surface area contributed by atoms with Gasteiger partial charge in [0.25, 0.3) is 0 Å². The van der Waals surface area contributed by atoms with Gasteiger partial charge in [-0.2, -0.15) is 0 Å². The molecule has 0 spiro atoms. The first-order chi connectivity index (χ1) is 8.08. The van der Waals surface area contributed by atoms with Gasteiger partial charge in [-0.15, -0.1) is 0 Å². The van der Waals surface area contributed by atoms with Crippen LogP contribution in [0, 0.1) is 5.92 Å². The lowest BCUT2D eigenvalue weighted by molar-refractivity contribution is 0.0420. The van der Waals surface area contributed by atoms with Gasteiger partial charge in [-0.3, -0.25) is 0 Å². The highest BCUT2D eigenvalue weighted by Crippen LogP contribution is 2.33. The van der Waals surface area contributed by atoms with Crippen molar-refractivity contribution in [1.82, 2.24) is 5.32 Å². The van der Waals surface area contributed by atoms with Crippen molar-refractivity contribution in [2.75, 3.05) is 6.54 Å². The van der Waals surface area contributed by atoms with Crippen LogP contribution >= 0.6 is 0 Å². The summed E-state index contributed by atoms with van der Waals surface area (Å²) in [5, 5.41) is 31.9. The minimum Gasteiger partial charge on any atom is -0.507 e. The summed E-state index contributed by atoms with van der Waals surface area (Å²) in [6, 6.07) is 4.65. The Kier molecular flexibility index (Phi) is 3.54. The van der Waals surface area contributed by atoms with E-state index in [-0.39, 0.29) is 23.6 Å². The Labute approximate surface area is 101 Å². The Morgan fingerprint density at radius 2 is 1.88 bits per heavy atom. The van der Waals surface area contributed by atoms with Crippen molar-refractivity contribution in [3.05, 3.63) is 23.8 Å². The second-order valence-corrected chi connectivity index (χ2v) is 4.83. The lowest BCUT2D eigenvalue weighted by Crippen LogP contribution is -2.37. The van der Waals surface area contributed by atoms with E-state index in [0.29, 0.717) is 11.5 Å². The summed E-state index contributed by atoms with van der Waals surface area (Å²) in [5.41, 5.74) is 0.535. The average molecular weight is 237 g/mol. The van der Waals surface area contributed by atoms with Crippen molar-refractivity contribution in [2.24, 2.45) is 5.92 Å². The first-order valence-corrected chi connectivity index (χ1v) is 6.00. The molecule has 1 aromatic rings. The van der Waals surface area contributed by atoms with Gasteiger partial charge in [-0.1, -0.05) is 6.07 Å². The molecular formula is C13H19NO3. The Morgan fingerprint density at radius 3 is 2.41 bits per heavy atom. The van der Waals surface area contributed by atoms with Crippen LogP contribution in [-0.2, 0) is 0 Å². The second kappa shape index (κ2) is 4.94. The van der Waals surface area contributed by atoms with Gasteiger partial charge < -0.3 is 20.6 Å². The van der Waals surface area contributed by atoms with Gasteiger partial charge in [0.2, 0.25) is 0 Å². The summed E-state index contributed by atoms with van der Waals surface area (Å²) in [7, 11) is 0. The van der Waals surface area contributed by atoms with Crippen LogP contribution < -0.4 is 5.32 Å². The normalized spacial score (nSPS) is 25.3. The Morgan fingerprint density at radius 1 is 1.29 bits per heavy atom. The molecule has 0 heterocycles. The molecule has 1 aromatic carbocycles. The van der Waals surface area contributed by atoms with Crippen LogP contribution in [-0.4, -0.2) is 28.0 Å². The third kappa shape index (κ3) is 2.70. The van der Waals surface area contributed by atoms with E-state index in [1.165, 1.54) is 0 Å². The highest BCUT2D eigenvalue weighted by Gasteiger charge is 2.27. The van der Waals surface area contributed by atoms with Crippen LogP contribution in [0.1, 0.15) is 31.4 Å².